The Labute approximate surface area is 130 Å². The molecule has 0 radical (unpaired) electrons. The minimum Gasteiger partial charge on any atom is -0.338 e. The van der Waals surface area contributed by atoms with E-state index in [4.69, 9.17) is 0 Å². The summed E-state index contributed by atoms with van der Waals surface area (Å²) in [6.45, 7) is 17.4. The predicted molar refractivity (Wildman–Crippen MR) is 89.4 cm³/mol. The highest BCUT2D eigenvalue weighted by molar-refractivity contribution is 5.78. The molecule has 1 aliphatic heterocycles. The molecular formula is C17H33N3O. The van der Waals surface area contributed by atoms with Crippen LogP contribution in [0, 0.1) is 5.92 Å². The van der Waals surface area contributed by atoms with Crippen molar-refractivity contribution >= 4 is 5.91 Å². The van der Waals surface area contributed by atoms with E-state index in [0.717, 1.165) is 31.8 Å². The highest BCUT2D eigenvalue weighted by atomic mass is 16.2. The van der Waals surface area contributed by atoms with Crippen LogP contribution in [0.15, 0.2) is 12.2 Å². The molecule has 0 aromatic rings. The normalized spacial score (nSPS) is 18.5. The molecule has 0 aromatic heterocycles. The summed E-state index contributed by atoms with van der Waals surface area (Å²) < 4.78 is 0. The molecule has 0 aliphatic carbocycles. The lowest BCUT2D eigenvalue weighted by Crippen LogP contribution is -2.46. The quantitative estimate of drug-likeness (QED) is 0.662. The SMILES string of the molecule is C=C(C)CN(CC)C(=O)CN(CC(C)C)CC1CCCN1. The zero-order chi connectivity index (χ0) is 15.8. The fourth-order valence-corrected chi connectivity index (χ4v) is 2.94. The Morgan fingerprint density at radius 2 is 2.10 bits per heavy atom. The molecule has 1 amide bonds. The maximum Gasteiger partial charge on any atom is 0.237 e. The zero-order valence-electron chi connectivity index (χ0n) is 14.3. The van der Waals surface area contributed by atoms with E-state index in [2.05, 4.69) is 30.6 Å². The molecule has 1 rings (SSSR count). The molecule has 1 heterocycles. The maximum absolute atomic E-state index is 12.5. The van der Waals surface area contributed by atoms with Crippen LogP contribution in [0.4, 0.5) is 0 Å². The van der Waals surface area contributed by atoms with Crippen LogP contribution in [0.25, 0.3) is 0 Å². The fraction of sp³-hybridized carbons (Fsp3) is 0.824. The summed E-state index contributed by atoms with van der Waals surface area (Å²) >= 11 is 0. The summed E-state index contributed by atoms with van der Waals surface area (Å²) in [5.41, 5.74) is 1.04. The smallest absolute Gasteiger partial charge is 0.237 e. The molecule has 0 spiro atoms. The van der Waals surface area contributed by atoms with Crippen LogP contribution in [0.5, 0.6) is 0 Å². The number of nitrogens with zero attached hydrogens (tertiary/aromatic N) is 2. The summed E-state index contributed by atoms with van der Waals surface area (Å²) in [6.07, 6.45) is 2.48. The van der Waals surface area contributed by atoms with Gasteiger partial charge < -0.3 is 10.2 Å². The van der Waals surface area contributed by atoms with Crippen LogP contribution in [0.2, 0.25) is 0 Å². The molecular weight excluding hydrogens is 262 g/mol. The van der Waals surface area contributed by atoms with Gasteiger partial charge in [0.05, 0.1) is 6.54 Å². The van der Waals surface area contributed by atoms with E-state index < -0.39 is 0 Å². The van der Waals surface area contributed by atoms with Gasteiger partial charge in [0.1, 0.15) is 0 Å². The van der Waals surface area contributed by atoms with Crippen molar-refractivity contribution in [2.75, 3.05) is 39.3 Å². The Kier molecular flexibility index (Phi) is 7.97. The molecule has 0 aromatic carbocycles. The van der Waals surface area contributed by atoms with Crippen LogP contribution in [-0.2, 0) is 4.79 Å². The van der Waals surface area contributed by atoms with Gasteiger partial charge >= 0.3 is 0 Å². The van der Waals surface area contributed by atoms with E-state index in [9.17, 15) is 4.79 Å². The predicted octanol–water partition coefficient (Wildman–Crippen LogP) is 2.12. The first-order chi connectivity index (χ1) is 9.92. The first kappa shape index (κ1) is 18.2. The number of carbonyl (C=O) groups is 1. The van der Waals surface area contributed by atoms with Gasteiger partial charge in [-0.05, 0) is 39.2 Å². The third kappa shape index (κ3) is 7.09. The lowest BCUT2D eigenvalue weighted by atomic mass is 10.1. The lowest BCUT2D eigenvalue weighted by Gasteiger charge is -2.29. The Hall–Kier alpha value is -0.870. The second-order valence-electron chi connectivity index (χ2n) is 6.75. The molecule has 1 unspecified atom stereocenters. The molecule has 1 aliphatic rings. The van der Waals surface area contributed by atoms with E-state index in [1.807, 2.05) is 18.7 Å². The largest absolute Gasteiger partial charge is 0.338 e. The number of amides is 1. The van der Waals surface area contributed by atoms with Crippen LogP contribution in [0.3, 0.4) is 0 Å². The number of likely N-dealkylation sites (N-methyl/N-ethyl adjacent to an activating group) is 1. The van der Waals surface area contributed by atoms with Gasteiger partial charge in [0.25, 0.3) is 0 Å². The number of hydrogen-bond donors (Lipinski definition) is 1. The van der Waals surface area contributed by atoms with Gasteiger partial charge in [0.15, 0.2) is 0 Å². The van der Waals surface area contributed by atoms with Crippen molar-refractivity contribution in [3.63, 3.8) is 0 Å². The van der Waals surface area contributed by atoms with Crippen molar-refractivity contribution in [1.29, 1.82) is 0 Å². The summed E-state index contributed by atoms with van der Waals surface area (Å²) in [5, 5.41) is 3.53. The monoisotopic (exact) mass is 295 g/mol. The van der Waals surface area contributed by atoms with E-state index in [-0.39, 0.29) is 5.91 Å². The van der Waals surface area contributed by atoms with Gasteiger partial charge in [-0.1, -0.05) is 26.0 Å². The minimum atomic E-state index is 0.221. The van der Waals surface area contributed by atoms with Gasteiger partial charge in [-0.3, -0.25) is 9.69 Å². The molecule has 0 bridgehead atoms. The Morgan fingerprint density at radius 1 is 1.38 bits per heavy atom. The second kappa shape index (κ2) is 9.21. The Bertz CT molecular complexity index is 335. The van der Waals surface area contributed by atoms with Crippen molar-refractivity contribution < 1.29 is 4.79 Å². The highest BCUT2D eigenvalue weighted by Gasteiger charge is 2.22. The van der Waals surface area contributed by atoms with Crippen LogP contribution in [0.1, 0.15) is 40.5 Å². The fourth-order valence-electron chi connectivity index (χ4n) is 2.94. The van der Waals surface area contributed by atoms with Gasteiger partial charge in [-0.2, -0.15) is 0 Å². The third-order valence-corrected chi connectivity index (χ3v) is 3.82. The van der Waals surface area contributed by atoms with Crippen LogP contribution >= 0.6 is 0 Å². The number of nitrogens with one attached hydrogen (secondary N) is 1. The van der Waals surface area contributed by atoms with Crippen molar-refractivity contribution in [3.8, 4) is 0 Å². The summed E-state index contributed by atoms with van der Waals surface area (Å²) in [5.74, 6) is 0.801. The second-order valence-corrected chi connectivity index (χ2v) is 6.75. The first-order valence-corrected chi connectivity index (χ1v) is 8.30. The molecule has 122 valence electrons. The molecule has 1 fully saturated rings. The maximum atomic E-state index is 12.5. The topological polar surface area (TPSA) is 35.6 Å². The zero-order valence-corrected chi connectivity index (χ0v) is 14.3. The molecule has 4 nitrogen and oxygen atoms in total. The average molecular weight is 295 g/mol. The standard InChI is InChI=1S/C17H33N3O/c1-6-20(11-15(4)5)17(21)13-19(10-14(2)3)12-16-8-7-9-18-16/h14,16,18H,4,6-13H2,1-3,5H3. The summed E-state index contributed by atoms with van der Waals surface area (Å²) in [6, 6.07) is 0.549. The van der Waals surface area contributed by atoms with Crippen LogP contribution in [-0.4, -0.2) is 61.0 Å². The van der Waals surface area contributed by atoms with Gasteiger partial charge in [0, 0.05) is 32.2 Å². The minimum absolute atomic E-state index is 0.221. The lowest BCUT2D eigenvalue weighted by molar-refractivity contribution is -0.132. The molecule has 1 N–H and O–H groups in total. The van der Waals surface area contributed by atoms with Crippen LogP contribution < -0.4 is 5.32 Å². The molecule has 1 atom stereocenters. The van der Waals surface area contributed by atoms with Gasteiger partial charge in [0.2, 0.25) is 5.91 Å². The first-order valence-electron chi connectivity index (χ1n) is 8.30. The van der Waals surface area contributed by atoms with E-state index >= 15 is 0 Å². The van der Waals surface area contributed by atoms with Crippen molar-refractivity contribution in [2.45, 2.75) is 46.6 Å². The number of carbonyl (C=O) groups excluding carboxylic acids is 1. The molecule has 1 saturated heterocycles. The Balaban J connectivity index is 2.56. The highest BCUT2D eigenvalue weighted by Crippen LogP contribution is 2.09. The van der Waals surface area contributed by atoms with E-state index in [1.54, 1.807) is 0 Å². The van der Waals surface area contributed by atoms with E-state index in [1.165, 1.54) is 12.8 Å². The van der Waals surface area contributed by atoms with Gasteiger partial charge in [-0.25, -0.2) is 0 Å². The van der Waals surface area contributed by atoms with E-state index in [0.29, 0.717) is 25.0 Å². The molecule has 21 heavy (non-hydrogen) atoms. The number of rotatable bonds is 9. The molecule has 4 heteroatoms. The number of hydrogen-bond acceptors (Lipinski definition) is 3. The van der Waals surface area contributed by atoms with Gasteiger partial charge in [-0.15, -0.1) is 0 Å². The summed E-state index contributed by atoms with van der Waals surface area (Å²) in [7, 11) is 0. The third-order valence-electron chi connectivity index (χ3n) is 3.82. The Morgan fingerprint density at radius 3 is 2.57 bits per heavy atom. The van der Waals surface area contributed by atoms with Crippen molar-refractivity contribution in [1.82, 2.24) is 15.1 Å². The summed E-state index contributed by atoms with van der Waals surface area (Å²) in [4.78, 5) is 16.7. The van der Waals surface area contributed by atoms with Crippen molar-refractivity contribution in [2.24, 2.45) is 5.92 Å². The molecule has 0 saturated carbocycles. The van der Waals surface area contributed by atoms with Crippen molar-refractivity contribution in [3.05, 3.63) is 12.2 Å². The average Bonchev–Trinajstić information content (AvgIpc) is 2.87.